The van der Waals surface area contributed by atoms with Crippen LogP contribution in [0.15, 0.2) is 0 Å². The maximum absolute atomic E-state index is 12.8. The number of aryl methyl sites for hydroxylation is 2. The summed E-state index contributed by atoms with van der Waals surface area (Å²) >= 11 is 0. The number of carbonyl (C=O) groups is 2. The Morgan fingerprint density at radius 3 is 1.82 bits per heavy atom. The molecule has 6 atom stereocenters. The van der Waals surface area contributed by atoms with E-state index in [0.29, 0.717) is 10.00 Å². The Labute approximate surface area is 297 Å². The number of nitrogens with one attached hydrogen (secondary N) is 1. The fourth-order valence-electron chi connectivity index (χ4n) is 4.31. The number of rotatable bonds is 12. The number of ketones is 2. The summed E-state index contributed by atoms with van der Waals surface area (Å²) in [6.45, 7) is 7.69. The Bertz CT molecular complexity index is 1690. The summed E-state index contributed by atoms with van der Waals surface area (Å²) in [5.41, 5.74) is 0.564. The number of aromatic nitrogens is 4. The third-order valence-electron chi connectivity index (χ3n) is 6.96. The highest BCUT2D eigenvalue weighted by Crippen LogP contribution is 2.37. The van der Waals surface area contributed by atoms with Gasteiger partial charge in [0.05, 0.1) is 30.3 Å². The Kier molecular flexibility index (Phi) is 17.8. The molecule has 0 aliphatic carbocycles. The van der Waals surface area contributed by atoms with E-state index in [-0.39, 0.29) is 41.9 Å². The number of hydrogen-bond acceptors (Lipinski definition) is 16. The predicted octanol–water partition coefficient (Wildman–Crippen LogP) is -1.75. The van der Waals surface area contributed by atoms with Gasteiger partial charge in [-0.15, -0.1) is 0 Å². The van der Waals surface area contributed by atoms with Gasteiger partial charge in [0.25, 0.3) is 0 Å². The van der Waals surface area contributed by atoms with Crippen molar-refractivity contribution in [1.82, 2.24) is 27.5 Å². The molecule has 23 heteroatoms. The molecular formula is C28H52N6O15S2. The smallest absolute Gasteiger partial charge is 0.335 e. The van der Waals surface area contributed by atoms with E-state index in [2.05, 4.69) is 15.0 Å². The van der Waals surface area contributed by atoms with Gasteiger partial charge in [-0.3, -0.25) is 14.1 Å². The molecule has 1 fully saturated rings. The fourth-order valence-corrected chi connectivity index (χ4v) is 5.51. The van der Waals surface area contributed by atoms with Crippen molar-refractivity contribution in [2.45, 2.75) is 91.4 Å². The minimum atomic E-state index is -4.14. The zero-order valence-electron chi connectivity index (χ0n) is 29.3. The SMILES string of the molecule is C.CC(=O)c1nc(C)c([C@@H](O)[C@@H]2OC(C)(C)O[C@@H]2CO)n1S(=O)(=O)N(C)C.CC(=O)c1nc([C@@H](O)[C@H](O)[C@H](O)CO)c(C)[nH]1.CN(C)S(=O)(=O)O. The summed E-state index contributed by atoms with van der Waals surface area (Å²) in [4.78, 5) is 33.5. The van der Waals surface area contributed by atoms with E-state index in [1.54, 1.807) is 20.8 Å². The van der Waals surface area contributed by atoms with E-state index in [4.69, 9.17) is 19.1 Å². The third-order valence-corrected chi connectivity index (χ3v) is 9.63. The van der Waals surface area contributed by atoms with E-state index < -0.39 is 81.9 Å². The van der Waals surface area contributed by atoms with E-state index in [1.165, 1.54) is 49.0 Å². The minimum absolute atomic E-state index is 0. The highest BCUT2D eigenvalue weighted by atomic mass is 32.2. The average molecular weight is 777 g/mol. The summed E-state index contributed by atoms with van der Waals surface area (Å²) in [5, 5.41) is 57.5. The maximum atomic E-state index is 12.8. The molecule has 1 aliphatic heterocycles. The van der Waals surface area contributed by atoms with Crippen LogP contribution in [-0.2, 0) is 30.0 Å². The molecule has 3 rings (SSSR count). The van der Waals surface area contributed by atoms with E-state index >= 15 is 0 Å². The van der Waals surface area contributed by atoms with Crippen molar-refractivity contribution >= 4 is 32.1 Å². The molecule has 2 aromatic heterocycles. The van der Waals surface area contributed by atoms with Crippen LogP contribution in [0, 0.1) is 13.8 Å². The first-order chi connectivity index (χ1) is 22.7. The van der Waals surface area contributed by atoms with Crippen molar-refractivity contribution in [2.75, 3.05) is 41.4 Å². The summed E-state index contributed by atoms with van der Waals surface area (Å²) in [6.07, 6.45) is -7.92. The molecule has 0 amide bonds. The Balaban J connectivity index is 0.000000858. The predicted molar refractivity (Wildman–Crippen MR) is 180 cm³/mol. The molecule has 0 aromatic carbocycles. The summed E-state index contributed by atoms with van der Waals surface area (Å²) in [6, 6.07) is 0. The lowest BCUT2D eigenvalue weighted by Gasteiger charge is -2.24. The van der Waals surface area contributed by atoms with Crippen LogP contribution in [0.5, 0.6) is 0 Å². The zero-order valence-corrected chi connectivity index (χ0v) is 31.0. The Morgan fingerprint density at radius 2 is 1.45 bits per heavy atom. The lowest BCUT2D eigenvalue weighted by Crippen LogP contribution is -2.37. The van der Waals surface area contributed by atoms with Crippen molar-refractivity contribution in [1.29, 1.82) is 0 Å². The van der Waals surface area contributed by atoms with Gasteiger partial charge in [-0.25, -0.2) is 13.9 Å². The van der Waals surface area contributed by atoms with Gasteiger partial charge in [-0.1, -0.05) is 7.43 Å². The monoisotopic (exact) mass is 776 g/mol. The van der Waals surface area contributed by atoms with Crippen molar-refractivity contribution in [3.05, 3.63) is 34.4 Å². The van der Waals surface area contributed by atoms with E-state index in [1.807, 2.05) is 0 Å². The minimum Gasteiger partial charge on any atom is -0.394 e. The van der Waals surface area contributed by atoms with Crippen LogP contribution in [0.4, 0.5) is 0 Å². The second kappa shape index (κ2) is 18.8. The van der Waals surface area contributed by atoms with Gasteiger partial charge in [-0.2, -0.15) is 25.4 Å². The van der Waals surface area contributed by atoms with Crippen LogP contribution < -0.4 is 0 Å². The molecule has 1 saturated heterocycles. The Morgan fingerprint density at radius 1 is 0.941 bits per heavy atom. The van der Waals surface area contributed by atoms with Gasteiger partial charge in [0.2, 0.25) is 0 Å². The third kappa shape index (κ3) is 12.1. The molecule has 0 radical (unpaired) electrons. The highest BCUT2D eigenvalue weighted by molar-refractivity contribution is 7.87. The van der Waals surface area contributed by atoms with Crippen LogP contribution in [0.25, 0.3) is 0 Å². The molecule has 8 N–H and O–H groups in total. The quantitative estimate of drug-likeness (QED) is 0.0875. The van der Waals surface area contributed by atoms with Crippen molar-refractivity contribution < 1.29 is 71.1 Å². The molecule has 0 spiro atoms. The van der Waals surface area contributed by atoms with Gasteiger partial charge < -0.3 is 45.1 Å². The van der Waals surface area contributed by atoms with Crippen LogP contribution in [-0.4, -0.2) is 163 Å². The number of hydrogen-bond donors (Lipinski definition) is 8. The number of aliphatic hydroxyl groups excluding tert-OH is 6. The van der Waals surface area contributed by atoms with Gasteiger partial charge in [0.1, 0.15) is 36.6 Å². The number of imidazole rings is 2. The summed E-state index contributed by atoms with van der Waals surface area (Å²) < 4.78 is 66.7. The molecule has 296 valence electrons. The molecule has 2 aromatic rings. The summed E-state index contributed by atoms with van der Waals surface area (Å²) in [5.74, 6) is -2.18. The van der Waals surface area contributed by atoms with Crippen LogP contribution in [0.3, 0.4) is 0 Å². The number of ether oxygens (including phenoxy) is 2. The molecular weight excluding hydrogens is 724 g/mol. The zero-order chi connectivity index (χ0) is 39.3. The second-order valence-electron chi connectivity index (χ2n) is 11.9. The fraction of sp³-hybridized carbons (Fsp3) is 0.714. The van der Waals surface area contributed by atoms with Crippen LogP contribution >= 0.6 is 0 Å². The van der Waals surface area contributed by atoms with Crippen LogP contribution in [0.1, 0.15) is 91.3 Å². The number of nitrogens with zero attached hydrogens (tertiary/aromatic N) is 5. The molecule has 3 heterocycles. The molecule has 51 heavy (non-hydrogen) atoms. The molecule has 21 nitrogen and oxygen atoms in total. The largest absolute Gasteiger partial charge is 0.394 e. The number of aliphatic hydroxyl groups is 6. The number of carbonyl (C=O) groups excluding carboxylic acids is 2. The lowest BCUT2D eigenvalue weighted by atomic mass is 10.0. The van der Waals surface area contributed by atoms with Gasteiger partial charge in [0.15, 0.2) is 29.0 Å². The standard InChI is InChI=1S/C15H25N3O7S.C10H16N2O5.C2H7NO3S.CH4/c1-8-11(12(21)13-10(7-19)24-15(3,4)25-13)18(14(16-8)9(2)20)26(22,23)17(5)6;1-4-7(12-10(11-4)5(2)14)9(17)8(16)6(15)3-13;1-3(2)7(4,5)6;/h10,12-13,19,21H,7H2,1-6H3;6,8-9,13,15-17H,3H2,1-2H3,(H,11,12);1-2H3,(H,4,5,6);1H4/t10-,12-,13-;6-,8-,9-;;/m11../s1. The van der Waals surface area contributed by atoms with E-state index in [0.717, 1.165) is 8.28 Å². The first kappa shape index (κ1) is 48.2. The number of H-pyrrole nitrogens is 1. The van der Waals surface area contributed by atoms with Gasteiger partial charge in [-0.05, 0) is 27.7 Å². The summed E-state index contributed by atoms with van der Waals surface area (Å²) in [7, 11) is -2.95. The number of Topliss-reactive ketones (excluding diaryl/α,β-unsaturated/α-hetero) is 2. The first-order valence-electron chi connectivity index (χ1n) is 14.7. The molecule has 1 aliphatic rings. The Hall–Kier alpha value is -2.78. The normalized spacial score (nSPS) is 19.6. The second-order valence-corrected chi connectivity index (χ2v) is 15.5. The first-order valence-corrected chi connectivity index (χ1v) is 17.5. The van der Waals surface area contributed by atoms with Crippen molar-refractivity contribution in [3.63, 3.8) is 0 Å². The van der Waals surface area contributed by atoms with Crippen molar-refractivity contribution in [3.8, 4) is 0 Å². The average Bonchev–Trinajstić information content (AvgIpc) is 3.67. The molecule has 0 saturated carbocycles. The topological polar surface area (TPSA) is 315 Å². The molecule has 0 unspecified atom stereocenters. The highest BCUT2D eigenvalue weighted by Gasteiger charge is 2.47. The van der Waals surface area contributed by atoms with Gasteiger partial charge >= 0.3 is 20.5 Å². The van der Waals surface area contributed by atoms with Gasteiger partial charge in [0, 0.05) is 47.7 Å². The molecule has 0 bridgehead atoms. The van der Waals surface area contributed by atoms with Crippen LogP contribution in [0.2, 0.25) is 0 Å². The maximum Gasteiger partial charge on any atom is 0.335 e. The lowest BCUT2D eigenvalue weighted by molar-refractivity contribution is -0.157. The van der Waals surface area contributed by atoms with Crippen molar-refractivity contribution in [2.24, 2.45) is 0 Å². The number of aromatic amines is 1. The van der Waals surface area contributed by atoms with E-state index in [9.17, 15) is 52.0 Å².